The number of amides is 3. The zero-order valence-corrected chi connectivity index (χ0v) is 27.3. The van der Waals surface area contributed by atoms with Gasteiger partial charge in [-0.05, 0) is 87.4 Å². The molecule has 0 radical (unpaired) electrons. The fourth-order valence-corrected chi connectivity index (χ4v) is 6.53. The van der Waals surface area contributed by atoms with E-state index in [2.05, 4.69) is 35.6 Å². The van der Waals surface area contributed by atoms with Crippen LogP contribution in [0.3, 0.4) is 0 Å². The van der Waals surface area contributed by atoms with E-state index in [9.17, 15) is 14.4 Å². The van der Waals surface area contributed by atoms with Crippen LogP contribution in [0, 0.1) is 0 Å². The predicted octanol–water partition coefficient (Wildman–Crippen LogP) is 5.19. The van der Waals surface area contributed by atoms with Gasteiger partial charge in [0.1, 0.15) is 17.7 Å². The average Bonchev–Trinajstić information content (AvgIpc) is 3.70. The molecule has 2 heterocycles. The zero-order chi connectivity index (χ0) is 32.7. The first kappa shape index (κ1) is 33.4. The van der Waals surface area contributed by atoms with Crippen molar-refractivity contribution in [2.24, 2.45) is 5.73 Å². The van der Waals surface area contributed by atoms with Gasteiger partial charge >= 0.3 is 6.09 Å². The number of carbonyl (C=O) groups excluding carboxylic acids is 3. The number of carbonyl (C=O) groups is 3. The van der Waals surface area contributed by atoms with Crippen molar-refractivity contribution in [2.45, 2.75) is 95.7 Å². The first-order valence-electron chi connectivity index (χ1n) is 16.5. The summed E-state index contributed by atoms with van der Waals surface area (Å²) in [4.78, 5) is 44.4. The summed E-state index contributed by atoms with van der Waals surface area (Å²) in [5.74, 6) is -0.475. The summed E-state index contributed by atoms with van der Waals surface area (Å²) in [6.07, 6.45) is 3.16. The second-order valence-corrected chi connectivity index (χ2v) is 13.5. The van der Waals surface area contributed by atoms with Crippen molar-refractivity contribution in [1.82, 2.24) is 15.1 Å². The molecule has 2 aliphatic rings. The third kappa shape index (κ3) is 8.65. The summed E-state index contributed by atoms with van der Waals surface area (Å²) < 4.78 is 12.0. The Hall–Kier alpha value is -3.95. The van der Waals surface area contributed by atoms with Crippen LogP contribution in [0.15, 0.2) is 72.8 Å². The molecule has 0 aliphatic carbocycles. The van der Waals surface area contributed by atoms with E-state index in [0.29, 0.717) is 51.9 Å². The van der Waals surface area contributed by atoms with E-state index in [1.54, 1.807) is 20.8 Å². The smallest absolute Gasteiger partial charge is 0.410 e. The van der Waals surface area contributed by atoms with Crippen molar-refractivity contribution in [3.05, 3.63) is 83.9 Å². The monoisotopic (exact) mass is 628 g/mol. The third-order valence-corrected chi connectivity index (χ3v) is 8.78. The van der Waals surface area contributed by atoms with Crippen LogP contribution in [-0.4, -0.2) is 77.2 Å². The van der Waals surface area contributed by atoms with Gasteiger partial charge in [-0.25, -0.2) is 4.79 Å². The molecule has 0 spiro atoms. The molecule has 0 saturated carbocycles. The van der Waals surface area contributed by atoms with Gasteiger partial charge < -0.3 is 25.4 Å². The largest absolute Gasteiger partial charge is 0.444 e. The number of fused-ring (bicyclic) bond motifs is 1. The molecule has 3 amide bonds. The normalized spacial score (nSPS) is 20.6. The minimum Gasteiger partial charge on any atom is -0.444 e. The Morgan fingerprint density at radius 3 is 2.43 bits per heavy atom. The van der Waals surface area contributed by atoms with E-state index in [-0.39, 0.29) is 24.0 Å². The second-order valence-electron chi connectivity index (χ2n) is 13.5. The lowest BCUT2D eigenvalue weighted by Gasteiger charge is -2.31. The third-order valence-electron chi connectivity index (χ3n) is 8.78. The quantitative estimate of drug-likeness (QED) is 0.302. The van der Waals surface area contributed by atoms with E-state index >= 15 is 0 Å². The van der Waals surface area contributed by atoms with Crippen molar-refractivity contribution in [1.29, 1.82) is 0 Å². The Balaban J connectivity index is 1.30. The molecule has 4 atom stereocenters. The molecule has 3 aromatic carbocycles. The Labute approximate surface area is 272 Å². The molecule has 2 fully saturated rings. The molecule has 3 N–H and O–H groups in total. The molecule has 2 aliphatic heterocycles. The summed E-state index contributed by atoms with van der Waals surface area (Å²) in [5, 5.41) is 5.40. The molecular formula is C37H48N4O5. The fourth-order valence-electron chi connectivity index (χ4n) is 6.53. The van der Waals surface area contributed by atoms with Gasteiger partial charge in [-0.15, -0.1) is 0 Å². The van der Waals surface area contributed by atoms with Crippen LogP contribution in [0.4, 0.5) is 4.79 Å². The Morgan fingerprint density at radius 2 is 1.70 bits per heavy atom. The van der Waals surface area contributed by atoms with Gasteiger partial charge in [-0.2, -0.15) is 0 Å². The highest BCUT2D eigenvalue weighted by molar-refractivity contribution is 5.92. The number of likely N-dealkylation sites (tertiary alicyclic amines) is 2. The van der Waals surface area contributed by atoms with E-state index in [1.807, 2.05) is 47.4 Å². The van der Waals surface area contributed by atoms with Crippen molar-refractivity contribution in [3.8, 4) is 0 Å². The van der Waals surface area contributed by atoms with E-state index < -0.39 is 23.8 Å². The lowest BCUT2D eigenvalue weighted by Crippen LogP contribution is -2.55. The molecule has 9 heteroatoms. The maximum Gasteiger partial charge on any atom is 0.410 e. The molecule has 5 rings (SSSR count). The first-order chi connectivity index (χ1) is 22.1. The summed E-state index contributed by atoms with van der Waals surface area (Å²) in [5.41, 5.74) is 7.24. The van der Waals surface area contributed by atoms with Gasteiger partial charge in [-0.1, -0.05) is 66.7 Å². The highest BCUT2D eigenvalue weighted by Gasteiger charge is 2.41. The SMILES string of the molecule is CC(C)(C)OC(=O)N1CCC[C@@H]1C(=O)N[C@H](Cc1ccccc1)C(=O)N1C[C@H](OCc2ccc3ccccc3c2)C[C@@H]1CCCN. The molecule has 0 unspecified atom stereocenters. The Kier molecular flexibility index (Phi) is 11.0. The average molecular weight is 629 g/mol. The zero-order valence-electron chi connectivity index (χ0n) is 27.3. The van der Waals surface area contributed by atoms with Crippen molar-refractivity contribution >= 4 is 28.7 Å². The molecule has 2 saturated heterocycles. The fraction of sp³-hybridized carbons (Fsp3) is 0.486. The van der Waals surface area contributed by atoms with Crippen molar-refractivity contribution in [2.75, 3.05) is 19.6 Å². The molecule has 0 aromatic heterocycles. The van der Waals surface area contributed by atoms with E-state index in [4.69, 9.17) is 15.2 Å². The number of hydrogen-bond acceptors (Lipinski definition) is 6. The molecular weight excluding hydrogens is 580 g/mol. The van der Waals surface area contributed by atoms with Crippen LogP contribution in [0.5, 0.6) is 0 Å². The maximum absolute atomic E-state index is 14.4. The van der Waals surface area contributed by atoms with Gasteiger partial charge in [0.2, 0.25) is 11.8 Å². The lowest BCUT2D eigenvalue weighted by atomic mass is 10.0. The number of nitrogens with two attached hydrogens (primary N) is 1. The summed E-state index contributed by atoms with van der Waals surface area (Å²) >= 11 is 0. The number of nitrogens with one attached hydrogen (secondary N) is 1. The van der Waals surface area contributed by atoms with Gasteiger partial charge in [0.25, 0.3) is 0 Å². The van der Waals surface area contributed by atoms with Gasteiger partial charge in [0.05, 0.1) is 12.7 Å². The highest BCUT2D eigenvalue weighted by atomic mass is 16.6. The molecule has 246 valence electrons. The Bertz CT molecular complexity index is 1490. The maximum atomic E-state index is 14.4. The van der Waals surface area contributed by atoms with Crippen LogP contribution >= 0.6 is 0 Å². The number of rotatable bonds is 11. The summed E-state index contributed by atoms with van der Waals surface area (Å²) in [6, 6.07) is 22.8. The van der Waals surface area contributed by atoms with Crippen LogP contribution < -0.4 is 11.1 Å². The minimum absolute atomic E-state index is 0.0439. The predicted molar refractivity (Wildman–Crippen MR) is 179 cm³/mol. The topological polar surface area (TPSA) is 114 Å². The van der Waals surface area contributed by atoms with Gasteiger partial charge in [0, 0.05) is 25.6 Å². The minimum atomic E-state index is -0.796. The van der Waals surface area contributed by atoms with Crippen molar-refractivity contribution < 1.29 is 23.9 Å². The number of ether oxygens (including phenoxy) is 2. The standard InChI is InChI=1S/C37H48N4O5/c1-37(2,3)46-36(44)40-20-10-16-33(40)34(42)39-32(22-26-11-5-4-6-12-26)35(43)41-24-31(23-30(41)15-9-19-38)45-25-27-17-18-28-13-7-8-14-29(28)21-27/h4-8,11-14,17-18,21,30-33H,9-10,15-16,19-20,22-25,38H2,1-3H3,(H,39,42)/t30-,31+,32+,33+/m0/s1. The second kappa shape index (κ2) is 15.1. The van der Waals surface area contributed by atoms with Crippen molar-refractivity contribution in [3.63, 3.8) is 0 Å². The molecule has 0 bridgehead atoms. The highest BCUT2D eigenvalue weighted by Crippen LogP contribution is 2.27. The van der Waals surface area contributed by atoms with E-state index in [1.165, 1.54) is 15.7 Å². The van der Waals surface area contributed by atoms with Crippen LogP contribution in [0.2, 0.25) is 0 Å². The summed E-state index contributed by atoms with van der Waals surface area (Å²) in [6.45, 7) is 7.28. The van der Waals surface area contributed by atoms with Gasteiger partial charge in [0.15, 0.2) is 0 Å². The van der Waals surface area contributed by atoms with E-state index in [0.717, 1.165) is 24.0 Å². The van der Waals surface area contributed by atoms with Crippen LogP contribution in [-0.2, 0) is 32.1 Å². The number of benzene rings is 3. The molecule has 9 nitrogen and oxygen atoms in total. The molecule has 3 aromatic rings. The lowest BCUT2D eigenvalue weighted by molar-refractivity contribution is -0.138. The Morgan fingerprint density at radius 1 is 0.957 bits per heavy atom. The first-order valence-corrected chi connectivity index (χ1v) is 16.5. The van der Waals surface area contributed by atoms with Crippen LogP contribution in [0.1, 0.15) is 64.0 Å². The van der Waals surface area contributed by atoms with Crippen LogP contribution in [0.25, 0.3) is 10.8 Å². The van der Waals surface area contributed by atoms with Gasteiger partial charge in [-0.3, -0.25) is 14.5 Å². The number of nitrogens with zero attached hydrogens (tertiary/aromatic N) is 2. The molecule has 46 heavy (non-hydrogen) atoms. The number of hydrogen-bond donors (Lipinski definition) is 2. The summed E-state index contributed by atoms with van der Waals surface area (Å²) in [7, 11) is 0.